The molecule has 0 aliphatic heterocycles. The standard InChI is InChI=1S/C22H24N2O4/c1-26-16-5-7-19-15(10-16)8-9-24(19)13-22(25)23-18-6-4-14-11-20(27-2)21(28-3)12-17(14)18/h5,7-12,18H,4,6,13H2,1-3H3,(H,23,25)/t18-/m1/s1. The first-order valence-electron chi connectivity index (χ1n) is 9.30. The number of hydrogen-bond donors (Lipinski definition) is 1. The van der Waals surface area contributed by atoms with Gasteiger partial charge in [-0.15, -0.1) is 0 Å². The van der Waals surface area contributed by atoms with E-state index in [-0.39, 0.29) is 18.5 Å². The highest BCUT2D eigenvalue weighted by Crippen LogP contribution is 2.39. The lowest BCUT2D eigenvalue weighted by Crippen LogP contribution is -2.30. The molecular formula is C22H24N2O4. The van der Waals surface area contributed by atoms with Gasteiger partial charge in [-0.3, -0.25) is 4.79 Å². The number of nitrogens with one attached hydrogen (secondary N) is 1. The van der Waals surface area contributed by atoms with Gasteiger partial charge in [0, 0.05) is 17.1 Å². The van der Waals surface area contributed by atoms with Gasteiger partial charge in [0.2, 0.25) is 5.91 Å². The van der Waals surface area contributed by atoms with Gasteiger partial charge in [-0.2, -0.15) is 0 Å². The van der Waals surface area contributed by atoms with Gasteiger partial charge in [-0.1, -0.05) is 0 Å². The summed E-state index contributed by atoms with van der Waals surface area (Å²) in [6, 6.07) is 11.8. The Kier molecular flexibility index (Phi) is 4.86. The second kappa shape index (κ2) is 7.46. The van der Waals surface area contributed by atoms with Gasteiger partial charge in [0.05, 0.1) is 27.4 Å². The summed E-state index contributed by atoms with van der Waals surface area (Å²) in [5.41, 5.74) is 3.31. The van der Waals surface area contributed by atoms with Crippen LogP contribution in [0.15, 0.2) is 42.6 Å². The van der Waals surface area contributed by atoms with E-state index in [1.807, 2.05) is 47.2 Å². The van der Waals surface area contributed by atoms with Gasteiger partial charge >= 0.3 is 0 Å². The molecule has 0 bridgehead atoms. The van der Waals surface area contributed by atoms with Gasteiger partial charge in [0.25, 0.3) is 0 Å². The largest absolute Gasteiger partial charge is 0.497 e. The molecule has 6 heteroatoms. The molecule has 1 aliphatic rings. The third-order valence-corrected chi connectivity index (χ3v) is 5.35. The van der Waals surface area contributed by atoms with Crippen LogP contribution >= 0.6 is 0 Å². The molecule has 2 aromatic carbocycles. The summed E-state index contributed by atoms with van der Waals surface area (Å²) >= 11 is 0. The number of methoxy groups -OCH3 is 3. The number of aromatic nitrogens is 1. The van der Waals surface area contributed by atoms with Crippen LogP contribution in [0.4, 0.5) is 0 Å². The van der Waals surface area contributed by atoms with Gasteiger partial charge in [-0.05, 0) is 60.4 Å². The topological polar surface area (TPSA) is 61.7 Å². The highest BCUT2D eigenvalue weighted by atomic mass is 16.5. The predicted molar refractivity (Wildman–Crippen MR) is 107 cm³/mol. The Labute approximate surface area is 164 Å². The van der Waals surface area contributed by atoms with Gasteiger partial charge in [-0.25, -0.2) is 0 Å². The highest BCUT2D eigenvalue weighted by molar-refractivity contribution is 5.84. The quantitative estimate of drug-likeness (QED) is 0.711. The number of benzene rings is 2. The van der Waals surface area contributed by atoms with E-state index in [2.05, 4.69) is 5.32 Å². The van der Waals surface area contributed by atoms with E-state index in [1.165, 1.54) is 5.56 Å². The molecule has 0 saturated carbocycles. The predicted octanol–water partition coefficient (Wildman–Crippen LogP) is 3.47. The van der Waals surface area contributed by atoms with E-state index in [0.29, 0.717) is 5.75 Å². The zero-order valence-corrected chi connectivity index (χ0v) is 16.3. The molecule has 28 heavy (non-hydrogen) atoms. The van der Waals surface area contributed by atoms with E-state index in [1.54, 1.807) is 21.3 Å². The first-order chi connectivity index (χ1) is 13.6. The molecule has 3 aromatic rings. The molecule has 0 saturated heterocycles. The summed E-state index contributed by atoms with van der Waals surface area (Å²) in [5.74, 6) is 2.21. The molecule has 0 radical (unpaired) electrons. The van der Waals surface area contributed by atoms with Crippen molar-refractivity contribution in [2.75, 3.05) is 21.3 Å². The number of hydrogen-bond acceptors (Lipinski definition) is 4. The van der Waals surface area contributed by atoms with Gasteiger partial charge in [0.1, 0.15) is 12.3 Å². The van der Waals surface area contributed by atoms with E-state index < -0.39 is 0 Å². The van der Waals surface area contributed by atoms with Crippen LogP contribution in [0, 0.1) is 0 Å². The molecule has 6 nitrogen and oxygen atoms in total. The number of carbonyl (C=O) groups excluding carboxylic acids is 1. The minimum absolute atomic E-state index is 0.00998. The van der Waals surface area contributed by atoms with E-state index >= 15 is 0 Å². The fourth-order valence-electron chi connectivity index (χ4n) is 3.92. The molecule has 0 fully saturated rings. The maximum absolute atomic E-state index is 12.7. The number of ether oxygens (including phenoxy) is 3. The van der Waals surface area contributed by atoms with E-state index in [9.17, 15) is 4.79 Å². The summed E-state index contributed by atoms with van der Waals surface area (Å²) in [5, 5.41) is 4.22. The molecule has 1 amide bonds. The minimum atomic E-state index is -0.0130. The molecule has 1 N–H and O–H groups in total. The Morgan fingerprint density at radius 2 is 1.86 bits per heavy atom. The van der Waals surface area contributed by atoms with Crippen LogP contribution in [0.2, 0.25) is 0 Å². The summed E-state index contributed by atoms with van der Waals surface area (Å²) in [6.07, 6.45) is 3.72. The van der Waals surface area contributed by atoms with Crippen molar-refractivity contribution in [3.8, 4) is 17.2 Å². The number of fused-ring (bicyclic) bond motifs is 2. The van der Waals surface area contributed by atoms with Gasteiger partial charge < -0.3 is 24.1 Å². The maximum Gasteiger partial charge on any atom is 0.240 e. The van der Waals surface area contributed by atoms with Crippen molar-refractivity contribution in [1.82, 2.24) is 9.88 Å². The van der Waals surface area contributed by atoms with Crippen LogP contribution in [-0.2, 0) is 17.8 Å². The number of nitrogens with zero attached hydrogens (tertiary/aromatic N) is 1. The van der Waals surface area contributed by atoms with Crippen molar-refractivity contribution >= 4 is 16.8 Å². The lowest BCUT2D eigenvalue weighted by molar-refractivity contribution is -0.122. The Morgan fingerprint density at radius 3 is 2.61 bits per heavy atom. The Bertz CT molecular complexity index is 1020. The number of amides is 1. The molecule has 0 unspecified atom stereocenters. The third-order valence-electron chi connectivity index (χ3n) is 5.35. The summed E-state index contributed by atoms with van der Waals surface area (Å²) in [6.45, 7) is 0.273. The molecule has 1 heterocycles. The van der Waals surface area contributed by atoms with Crippen molar-refractivity contribution in [3.63, 3.8) is 0 Å². The monoisotopic (exact) mass is 380 g/mol. The minimum Gasteiger partial charge on any atom is -0.497 e. The summed E-state index contributed by atoms with van der Waals surface area (Å²) < 4.78 is 18.0. The average Bonchev–Trinajstić information content (AvgIpc) is 3.30. The zero-order chi connectivity index (χ0) is 19.7. The van der Waals surface area contributed by atoms with Crippen molar-refractivity contribution < 1.29 is 19.0 Å². The fraction of sp³-hybridized carbons (Fsp3) is 0.318. The molecule has 1 atom stereocenters. The van der Waals surface area contributed by atoms with Crippen LogP contribution in [0.25, 0.3) is 10.9 Å². The van der Waals surface area contributed by atoms with E-state index in [4.69, 9.17) is 14.2 Å². The smallest absolute Gasteiger partial charge is 0.240 e. The first kappa shape index (κ1) is 18.2. The fourth-order valence-corrected chi connectivity index (χ4v) is 3.92. The summed E-state index contributed by atoms with van der Waals surface area (Å²) in [7, 11) is 4.91. The molecule has 1 aliphatic carbocycles. The first-order valence-corrected chi connectivity index (χ1v) is 9.30. The Hall–Kier alpha value is -3.15. The number of aryl methyl sites for hydroxylation is 1. The van der Waals surface area contributed by atoms with Crippen molar-refractivity contribution in [2.45, 2.75) is 25.4 Å². The number of rotatable bonds is 6. The Morgan fingerprint density at radius 1 is 1.07 bits per heavy atom. The Balaban J connectivity index is 1.50. The van der Waals surface area contributed by atoms with Crippen LogP contribution in [0.3, 0.4) is 0 Å². The van der Waals surface area contributed by atoms with Crippen LogP contribution < -0.4 is 19.5 Å². The molecular weight excluding hydrogens is 356 g/mol. The van der Waals surface area contributed by atoms with Gasteiger partial charge in [0.15, 0.2) is 11.5 Å². The molecule has 1 aromatic heterocycles. The van der Waals surface area contributed by atoms with Crippen LogP contribution in [0.5, 0.6) is 17.2 Å². The van der Waals surface area contributed by atoms with Crippen molar-refractivity contribution in [2.24, 2.45) is 0 Å². The van der Waals surface area contributed by atoms with Crippen molar-refractivity contribution in [3.05, 3.63) is 53.7 Å². The second-order valence-corrected chi connectivity index (χ2v) is 6.93. The maximum atomic E-state index is 12.7. The third kappa shape index (κ3) is 3.26. The summed E-state index contributed by atoms with van der Waals surface area (Å²) in [4.78, 5) is 12.7. The lowest BCUT2D eigenvalue weighted by atomic mass is 10.1. The normalized spacial score (nSPS) is 15.3. The average molecular weight is 380 g/mol. The SMILES string of the molecule is COc1ccc2c(ccn2CC(=O)N[C@@H]2CCc3cc(OC)c(OC)cc32)c1. The van der Waals surface area contributed by atoms with Crippen LogP contribution in [-0.4, -0.2) is 31.8 Å². The molecule has 4 rings (SSSR count). The molecule has 146 valence electrons. The number of carbonyl (C=O) groups is 1. The zero-order valence-electron chi connectivity index (χ0n) is 16.3. The van der Waals surface area contributed by atoms with E-state index in [0.717, 1.165) is 40.8 Å². The lowest BCUT2D eigenvalue weighted by Gasteiger charge is -2.17. The van der Waals surface area contributed by atoms with Crippen LogP contribution in [0.1, 0.15) is 23.6 Å². The van der Waals surface area contributed by atoms with Crippen molar-refractivity contribution in [1.29, 1.82) is 0 Å². The second-order valence-electron chi connectivity index (χ2n) is 6.93. The highest BCUT2D eigenvalue weighted by Gasteiger charge is 2.26. The molecule has 0 spiro atoms.